The molecule has 0 aliphatic rings. The molecule has 1 aromatic heterocycles. The van der Waals surface area contributed by atoms with Crippen LogP contribution in [0.25, 0.3) is 0 Å². The molecule has 0 amide bonds. The Morgan fingerprint density at radius 2 is 1.90 bits per heavy atom. The van der Waals surface area contributed by atoms with E-state index in [0.29, 0.717) is 11.3 Å². The molecular formula is C15H15N3O2. The van der Waals surface area contributed by atoms with E-state index in [1.807, 2.05) is 19.9 Å². The van der Waals surface area contributed by atoms with E-state index in [-0.39, 0.29) is 5.84 Å². The van der Waals surface area contributed by atoms with E-state index in [1.54, 1.807) is 36.5 Å². The summed E-state index contributed by atoms with van der Waals surface area (Å²) in [6, 6.07) is 10.7. The van der Waals surface area contributed by atoms with Gasteiger partial charge in [0.2, 0.25) is 0 Å². The van der Waals surface area contributed by atoms with Crippen LogP contribution >= 0.6 is 0 Å². The molecule has 1 heterocycles. The zero-order valence-corrected chi connectivity index (χ0v) is 11.3. The second-order valence-corrected chi connectivity index (χ2v) is 4.45. The van der Waals surface area contributed by atoms with E-state index in [2.05, 4.69) is 10.1 Å². The molecule has 0 unspecified atom stereocenters. The number of carbonyl (C=O) groups is 1. The number of aryl methyl sites for hydroxylation is 2. The zero-order chi connectivity index (χ0) is 14.5. The Bertz CT molecular complexity index is 631. The molecule has 0 bridgehead atoms. The summed E-state index contributed by atoms with van der Waals surface area (Å²) in [5.74, 6) is -0.487. The number of oxime groups is 1. The van der Waals surface area contributed by atoms with Gasteiger partial charge >= 0.3 is 5.97 Å². The minimum atomic E-state index is -0.546. The van der Waals surface area contributed by atoms with Crippen molar-refractivity contribution in [3.63, 3.8) is 0 Å². The average molecular weight is 269 g/mol. The van der Waals surface area contributed by atoms with Gasteiger partial charge in [0.1, 0.15) is 5.69 Å². The van der Waals surface area contributed by atoms with Gasteiger partial charge in [-0.05, 0) is 38.1 Å². The number of rotatable bonds is 3. The number of nitrogens with zero attached hydrogens (tertiary/aromatic N) is 2. The van der Waals surface area contributed by atoms with Crippen LogP contribution in [0, 0.1) is 13.8 Å². The lowest BCUT2D eigenvalue weighted by atomic mass is 10.1. The monoisotopic (exact) mass is 269 g/mol. The third kappa shape index (κ3) is 3.41. The van der Waals surface area contributed by atoms with Crippen molar-refractivity contribution < 1.29 is 9.63 Å². The SMILES string of the molecule is Cc1cc(C)cc(C(=O)O/N=C(\N)c2ccccn2)c1. The first-order chi connectivity index (χ1) is 9.56. The van der Waals surface area contributed by atoms with Gasteiger partial charge in [0, 0.05) is 6.20 Å². The number of amidine groups is 1. The maximum Gasteiger partial charge on any atom is 0.365 e. The number of carbonyl (C=O) groups excluding carboxylic acids is 1. The Hall–Kier alpha value is -2.69. The Morgan fingerprint density at radius 1 is 1.20 bits per heavy atom. The van der Waals surface area contributed by atoms with Crippen LogP contribution in [0.2, 0.25) is 0 Å². The molecule has 0 atom stereocenters. The highest BCUT2D eigenvalue weighted by atomic mass is 16.7. The summed E-state index contributed by atoms with van der Waals surface area (Å²) in [5.41, 5.74) is 8.56. The summed E-state index contributed by atoms with van der Waals surface area (Å²) >= 11 is 0. The number of hydrogen-bond donors (Lipinski definition) is 1. The number of benzene rings is 1. The Kier molecular flexibility index (Phi) is 4.10. The topological polar surface area (TPSA) is 77.6 Å². The Morgan fingerprint density at radius 3 is 2.50 bits per heavy atom. The maximum atomic E-state index is 11.9. The highest BCUT2D eigenvalue weighted by molar-refractivity contribution is 5.96. The summed E-state index contributed by atoms with van der Waals surface area (Å²) in [4.78, 5) is 20.7. The first kappa shape index (κ1) is 13.7. The van der Waals surface area contributed by atoms with Crippen molar-refractivity contribution in [2.45, 2.75) is 13.8 Å². The molecule has 0 saturated carbocycles. The van der Waals surface area contributed by atoms with E-state index in [0.717, 1.165) is 11.1 Å². The van der Waals surface area contributed by atoms with Gasteiger partial charge in [-0.2, -0.15) is 0 Å². The molecule has 0 radical (unpaired) electrons. The first-order valence-corrected chi connectivity index (χ1v) is 6.11. The quantitative estimate of drug-likeness (QED) is 0.401. The van der Waals surface area contributed by atoms with Gasteiger partial charge in [-0.3, -0.25) is 4.98 Å². The molecule has 0 aliphatic carbocycles. The summed E-state index contributed by atoms with van der Waals surface area (Å²) in [7, 11) is 0. The third-order valence-corrected chi connectivity index (χ3v) is 2.61. The van der Waals surface area contributed by atoms with Crippen LogP contribution in [-0.4, -0.2) is 16.8 Å². The van der Waals surface area contributed by atoms with Gasteiger partial charge in [0.15, 0.2) is 5.84 Å². The molecule has 0 saturated heterocycles. The fourth-order valence-electron chi connectivity index (χ4n) is 1.80. The van der Waals surface area contributed by atoms with E-state index >= 15 is 0 Å². The third-order valence-electron chi connectivity index (χ3n) is 2.61. The maximum absolute atomic E-state index is 11.9. The molecule has 2 rings (SSSR count). The minimum Gasteiger partial charge on any atom is -0.379 e. The molecule has 0 spiro atoms. The van der Waals surface area contributed by atoms with Crippen molar-refractivity contribution in [2.75, 3.05) is 0 Å². The van der Waals surface area contributed by atoms with Crippen molar-refractivity contribution in [3.8, 4) is 0 Å². The van der Waals surface area contributed by atoms with Gasteiger partial charge in [-0.15, -0.1) is 0 Å². The van der Waals surface area contributed by atoms with Crippen LogP contribution in [0.15, 0.2) is 47.8 Å². The molecule has 0 fully saturated rings. The van der Waals surface area contributed by atoms with E-state index in [9.17, 15) is 4.79 Å². The van der Waals surface area contributed by atoms with Crippen LogP contribution in [0.1, 0.15) is 27.2 Å². The second-order valence-electron chi connectivity index (χ2n) is 4.45. The van der Waals surface area contributed by atoms with E-state index in [1.165, 1.54) is 0 Å². The van der Waals surface area contributed by atoms with Gasteiger partial charge < -0.3 is 10.6 Å². The lowest BCUT2D eigenvalue weighted by Gasteiger charge is -2.03. The number of pyridine rings is 1. The van der Waals surface area contributed by atoms with Crippen molar-refractivity contribution in [2.24, 2.45) is 10.9 Å². The van der Waals surface area contributed by atoms with E-state index < -0.39 is 5.97 Å². The lowest BCUT2D eigenvalue weighted by Crippen LogP contribution is -2.16. The number of nitrogens with two attached hydrogens (primary N) is 1. The second kappa shape index (κ2) is 5.97. The van der Waals surface area contributed by atoms with Gasteiger partial charge in [-0.25, -0.2) is 4.79 Å². The van der Waals surface area contributed by atoms with Crippen LogP contribution in [-0.2, 0) is 4.84 Å². The van der Waals surface area contributed by atoms with Crippen molar-refractivity contribution in [1.82, 2.24) is 4.98 Å². The van der Waals surface area contributed by atoms with Crippen LogP contribution in [0.5, 0.6) is 0 Å². The van der Waals surface area contributed by atoms with Crippen molar-refractivity contribution in [3.05, 3.63) is 65.0 Å². The van der Waals surface area contributed by atoms with Crippen LogP contribution < -0.4 is 5.73 Å². The molecule has 1 aromatic carbocycles. The molecule has 2 aromatic rings. The van der Waals surface area contributed by atoms with Gasteiger partial charge in [-0.1, -0.05) is 28.4 Å². The first-order valence-electron chi connectivity index (χ1n) is 6.11. The van der Waals surface area contributed by atoms with Gasteiger partial charge in [0.25, 0.3) is 0 Å². The fraction of sp³-hybridized carbons (Fsp3) is 0.133. The highest BCUT2D eigenvalue weighted by Crippen LogP contribution is 2.10. The summed E-state index contributed by atoms with van der Waals surface area (Å²) in [6.07, 6.45) is 1.59. The number of aromatic nitrogens is 1. The molecule has 0 aliphatic heterocycles. The predicted octanol–water partition coefficient (Wildman–Crippen LogP) is 2.18. The molecule has 2 N–H and O–H groups in total. The molecule has 5 nitrogen and oxygen atoms in total. The van der Waals surface area contributed by atoms with Crippen molar-refractivity contribution >= 4 is 11.8 Å². The average Bonchev–Trinajstić information content (AvgIpc) is 2.44. The summed E-state index contributed by atoms with van der Waals surface area (Å²) in [6.45, 7) is 3.82. The molecule has 102 valence electrons. The van der Waals surface area contributed by atoms with Crippen LogP contribution in [0.3, 0.4) is 0 Å². The van der Waals surface area contributed by atoms with Crippen LogP contribution in [0.4, 0.5) is 0 Å². The molecular weight excluding hydrogens is 254 g/mol. The fourth-order valence-corrected chi connectivity index (χ4v) is 1.80. The lowest BCUT2D eigenvalue weighted by molar-refractivity contribution is 0.0515. The smallest absolute Gasteiger partial charge is 0.365 e. The summed E-state index contributed by atoms with van der Waals surface area (Å²) < 4.78 is 0. The summed E-state index contributed by atoms with van der Waals surface area (Å²) in [5, 5.41) is 3.61. The van der Waals surface area contributed by atoms with Crippen molar-refractivity contribution in [1.29, 1.82) is 0 Å². The van der Waals surface area contributed by atoms with Gasteiger partial charge in [0.05, 0.1) is 5.56 Å². The molecule has 5 heteroatoms. The zero-order valence-electron chi connectivity index (χ0n) is 11.3. The predicted molar refractivity (Wildman–Crippen MR) is 76.3 cm³/mol. The van der Waals surface area contributed by atoms with E-state index in [4.69, 9.17) is 10.6 Å². The standard InChI is InChI=1S/C15H15N3O2/c1-10-7-11(2)9-12(8-10)15(19)20-18-14(16)13-5-3-4-6-17-13/h3-9H,1-2H3,(H2,16,18). The largest absolute Gasteiger partial charge is 0.379 e. The Balaban J connectivity index is 2.12. The molecule has 20 heavy (non-hydrogen) atoms. The highest BCUT2D eigenvalue weighted by Gasteiger charge is 2.09. The minimum absolute atomic E-state index is 0.0586. The Labute approximate surface area is 117 Å². The number of hydrogen-bond acceptors (Lipinski definition) is 4. The normalized spacial score (nSPS) is 11.2.